The molecule has 0 fully saturated rings. The lowest BCUT2D eigenvalue weighted by Crippen LogP contribution is -2.14. The average Bonchev–Trinajstić information content (AvgIpc) is 3.07. The highest BCUT2D eigenvalue weighted by molar-refractivity contribution is 7.94. The van der Waals surface area contributed by atoms with Crippen LogP contribution in [-0.4, -0.2) is 67.1 Å². The van der Waals surface area contributed by atoms with E-state index in [1.165, 1.54) is 0 Å². The molecule has 5 rings (SSSR count). The minimum Gasteiger partial charge on any atom is -0.505 e. The van der Waals surface area contributed by atoms with Crippen molar-refractivity contribution in [3.05, 3.63) is 60.7 Å². The number of nitrogens with zero attached hydrogens (tertiary/aromatic N) is 5. The zero-order valence-corrected chi connectivity index (χ0v) is 25.2. The van der Waals surface area contributed by atoms with Crippen LogP contribution in [0.4, 0.5) is 34.9 Å². The van der Waals surface area contributed by atoms with Gasteiger partial charge in [0.05, 0.1) is 47.9 Å². The second kappa shape index (κ2) is 16.2. The van der Waals surface area contributed by atoms with Crippen LogP contribution in [0.15, 0.2) is 80.7 Å². The van der Waals surface area contributed by atoms with Gasteiger partial charge in [0.2, 0.25) is 17.8 Å². The van der Waals surface area contributed by atoms with Crippen molar-refractivity contribution in [1.82, 2.24) is 15.0 Å². The quantitative estimate of drug-likeness (QED) is 0.0271. The summed E-state index contributed by atoms with van der Waals surface area (Å²) in [6, 6.07) is 17.6. The van der Waals surface area contributed by atoms with Crippen LogP contribution in [-0.2, 0) is 18.7 Å². The highest BCUT2D eigenvalue weighted by atomic mass is 32.2. The number of azo groups is 1. The van der Waals surface area contributed by atoms with E-state index in [1.54, 1.807) is 48.5 Å². The van der Waals surface area contributed by atoms with Gasteiger partial charge in [0, 0.05) is 29.1 Å². The lowest BCUT2D eigenvalue weighted by molar-refractivity contribution is -0.432. The SMILES string of the molecule is OCCNc1nc(NCCO)nc(Nc2ccc3c(O)c(/N=N/c4ccc5ccc(SOOO)cc5c4)c(SOOO)cc3c2)n1. The Balaban J connectivity index is 1.45. The molecule has 1 heterocycles. The molecule has 0 aliphatic carbocycles. The Morgan fingerprint density at radius 1 is 0.696 bits per heavy atom. The Bertz CT molecular complexity index is 1810. The normalized spacial score (nSPS) is 11.5. The van der Waals surface area contributed by atoms with Crippen LogP contribution in [0, 0.1) is 0 Å². The summed E-state index contributed by atoms with van der Waals surface area (Å²) in [6.45, 7) is 0.177. The lowest BCUT2D eigenvalue weighted by Gasteiger charge is -2.12. The number of aliphatic hydroxyl groups is 2. The van der Waals surface area contributed by atoms with E-state index < -0.39 is 0 Å². The fourth-order valence-electron chi connectivity index (χ4n) is 4.18. The van der Waals surface area contributed by atoms with Crippen molar-refractivity contribution < 1.29 is 44.6 Å². The maximum absolute atomic E-state index is 11.2. The number of hydrogen-bond acceptors (Lipinski definition) is 19. The van der Waals surface area contributed by atoms with Crippen molar-refractivity contribution in [3.63, 3.8) is 0 Å². The second-order valence-electron chi connectivity index (χ2n) is 9.08. The number of phenolic OH excluding ortho intramolecular Hbond substituents is 1. The van der Waals surface area contributed by atoms with Crippen molar-refractivity contribution in [2.75, 3.05) is 42.3 Å². The molecule has 240 valence electrons. The predicted octanol–water partition coefficient (Wildman–Crippen LogP) is 5.71. The van der Waals surface area contributed by atoms with Crippen LogP contribution in [0.3, 0.4) is 0 Å². The minimum absolute atomic E-state index is 0.0600. The molecule has 46 heavy (non-hydrogen) atoms. The zero-order chi connectivity index (χ0) is 32.3. The average molecular weight is 671 g/mol. The highest BCUT2D eigenvalue weighted by Crippen LogP contribution is 2.44. The number of phenols is 1. The first-order chi connectivity index (χ1) is 22.5. The lowest BCUT2D eigenvalue weighted by atomic mass is 10.1. The topological polar surface area (TPSA) is 238 Å². The largest absolute Gasteiger partial charge is 0.505 e. The molecule has 0 bridgehead atoms. The van der Waals surface area contributed by atoms with Crippen LogP contribution in [0.1, 0.15) is 0 Å². The number of rotatable bonds is 16. The van der Waals surface area contributed by atoms with E-state index in [9.17, 15) is 5.11 Å². The molecule has 5 aromatic rings. The molecule has 8 N–H and O–H groups in total. The van der Waals surface area contributed by atoms with Crippen molar-refractivity contribution in [1.29, 1.82) is 0 Å². The van der Waals surface area contributed by atoms with Crippen LogP contribution < -0.4 is 16.0 Å². The van der Waals surface area contributed by atoms with Gasteiger partial charge in [0.1, 0.15) is 5.69 Å². The smallest absolute Gasteiger partial charge is 0.233 e. The summed E-state index contributed by atoms with van der Waals surface area (Å²) >= 11 is 1.43. The van der Waals surface area contributed by atoms with Gasteiger partial charge in [0.25, 0.3) is 0 Å². The Morgan fingerprint density at radius 3 is 2.11 bits per heavy atom. The van der Waals surface area contributed by atoms with Crippen molar-refractivity contribution in [2.45, 2.75) is 9.79 Å². The number of aromatic nitrogens is 3. The first-order valence-corrected chi connectivity index (χ1v) is 14.8. The van der Waals surface area contributed by atoms with E-state index in [1.807, 2.05) is 12.1 Å². The van der Waals surface area contributed by atoms with Crippen LogP contribution in [0.25, 0.3) is 21.5 Å². The van der Waals surface area contributed by atoms with Gasteiger partial charge in [-0.05, 0) is 64.7 Å². The summed E-state index contributed by atoms with van der Waals surface area (Å²) < 4.78 is 9.16. The van der Waals surface area contributed by atoms with E-state index in [0.29, 0.717) is 39.1 Å². The van der Waals surface area contributed by atoms with E-state index in [4.69, 9.17) is 20.7 Å². The van der Waals surface area contributed by atoms with E-state index >= 15 is 0 Å². The monoisotopic (exact) mass is 670 g/mol. The third-order valence-electron chi connectivity index (χ3n) is 6.11. The number of hydrogen-bond donors (Lipinski definition) is 8. The molecule has 17 nitrogen and oxygen atoms in total. The molecule has 0 radical (unpaired) electrons. The molecule has 0 atom stereocenters. The molecule has 0 saturated carbocycles. The molecule has 4 aromatic carbocycles. The third kappa shape index (κ3) is 8.44. The van der Waals surface area contributed by atoms with Crippen LogP contribution in [0.5, 0.6) is 5.75 Å². The van der Waals surface area contributed by atoms with E-state index in [0.717, 1.165) is 22.8 Å². The zero-order valence-electron chi connectivity index (χ0n) is 23.5. The summed E-state index contributed by atoms with van der Waals surface area (Å²) in [4.78, 5) is 13.8. The van der Waals surface area contributed by atoms with Gasteiger partial charge in [0.15, 0.2) is 5.75 Å². The van der Waals surface area contributed by atoms with Crippen LogP contribution in [0.2, 0.25) is 0 Å². The predicted molar refractivity (Wildman–Crippen MR) is 169 cm³/mol. The molecule has 0 amide bonds. The summed E-state index contributed by atoms with van der Waals surface area (Å²) in [5.41, 5.74) is 1.08. The summed E-state index contributed by atoms with van der Waals surface area (Å²) in [7, 11) is 0. The summed E-state index contributed by atoms with van der Waals surface area (Å²) in [6.07, 6.45) is 0. The standard InChI is InChI=1S/C27H26N8O9S2/c36-9-7-28-25-31-26(29-8-10-37)33-27(32-25)30-18-4-6-21-17(12-18)14-22(46-44-42-40)23(24(21)38)35-34-19-3-1-15-2-5-20(45-43-41-39)13-16(15)11-19/h1-6,11-14,36-40H,7-10H2,(H3,28,29,30,31,32,33)/b35-34+. The van der Waals surface area contributed by atoms with Crippen molar-refractivity contribution in [2.24, 2.45) is 10.2 Å². The highest BCUT2D eigenvalue weighted by Gasteiger charge is 2.16. The van der Waals surface area contributed by atoms with Crippen molar-refractivity contribution >= 4 is 80.5 Å². The van der Waals surface area contributed by atoms with Gasteiger partial charge < -0.3 is 31.3 Å². The van der Waals surface area contributed by atoms with Crippen molar-refractivity contribution in [3.8, 4) is 5.75 Å². The number of fused-ring (bicyclic) bond motifs is 2. The maximum atomic E-state index is 11.2. The number of anilines is 4. The molecule has 0 aliphatic rings. The Morgan fingerprint density at radius 2 is 1.39 bits per heavy atom. The molecular formula is C27H26N8O9S2. The fraction of sp³-hybridized carbons (Fsp3) is 0.148. The first kappa shape index (κ1) is 33.0. The summed E-state index contributed by atoms with van der Waals surface area (Å²) in [5.74, 6) is 0.378. The van der Waals surface area contributed by atoms with Gasteiger partial charge in [-0.2, -0.15) is 20.1 Å². The third-order valence-corrected chi connectivity index (χ3v) is 7.30. The Kier molecular flexibility index (Phi) is 11.6. The molecule has 0 unspecified atom stereocenters. The first-order valence-electron chi connectivity index (χ1n) is 13.3. The Hall–Kier alpha value is -4.41. The molecule has 1 aromatic heterocycles. The molecule has 0 saturated heterocycles. The van der Waals surface area contributed by atoms with E-state index in [2.05, 4.69) is 59.9 Å². The summed E-state index contributed by atoms with van der Waals surface area (Å²) in [5, 5.41) is 74.3. The molecule has 19 heteroatoms. The van der Waals surface area contributed by atoms with Gasteiger partial charge in [-0.25, -0.2) is 10.5 Å². The maximum Gasteiger partial charge on any atom is 0.233 e. The molecule has 0 aliphatic heterocycles. The Labute approximate surface area is 268 Å². The number of aliphatic hydroxyl groups excluding tert-OH is 2. The number of aromatic hydroxyl groups is 1. The number of benzene rings is 4. The van der Waals surface area contributed by atoms with Gasteiger partial charge in [-0.3, -0.25) is 0 Å². The van der Waals surface area contributed by atoms with Gasteiger partial charge in [-0.1, -0.05) is 22.2 Å². The second-order valence-corrected chi connectivity index (χ2v) is 10.6. The molecular weight excluding hydrogens is 644 g/mol. The minimum atomic E-state index is -0.205. The van der Waals surface area contributed by atoms with E-state index in [-0.39, 0.29) is 60.5 Å². The van der Waals surface area contributed by atoms with Crippen LogP contribution >= 0.6 is 24.1 Å². The molecule has 0 spiro atoms. The number of nitrogens with one attached hydrogen (secondary N) is 3. The fourth-order valence-corrected chi connectivity index (χ4v) is 5.09. The van der Waals surface area contributed by atoms with Gasteiger partial charge in [-0.15, -0.1) is 13.8 Å². The van der Waals surface area contributed by atoms with Gasteiger partial charge >= 0.3 is 0 Å².